The Labute approximate surface area is 164 Å². The first-order valence-corrected chi connectivity index (χ1v) is 10.7. The van der Waals surface area contributed by atoms with Crippen molar-refractivity contribution in [2.75, 3.05) is 58.9 Å². The molecule has 150 valence electrons. The first kappa shape index (κ1) is 20.2. The highest BCUT2D eigenvalue weighted by atomic mass is 16.2. The second-order valence-electron chi connectivity index (χ2n) is 7.95. The lowest BCUT2D eigenvalue weighted by Crippen LogP contribution is -2.50. The van der Waals surface area contributed by atoms with Gasteiger partial charge in [0, 0.05) is 65.4 Å². The summed E-state index contributed by atoms with van der Waals surface area (Å²) in [6, 6.07) is 11.0. The fourth-order valence-electron chi connectivity index (χ4n) is 4.34. The van der Waals surface area contributed by atoms with Crippen molar-refractivity contribution < 1.29 is 4.79 Å². The Morgan fingerprint density at radius 2 is 1.52 bits per heavy atom. The number of carbonyl (C=O) groups is 1. The smallest absolute Gasteiger partial charge is 0.319 e. The van der Waals surface area contributed by atoms with Crippen LogP contribution in [0.5, 0.6) is 0 Å². The largest absolute Gasteiger partial charge is 0.325 e. The number of hydrogen-bond donors (Lipinski definition) is 0. The minimum atomic E-state index is 0.230. The summed E-state index contributed by atoms with van der Waals surface area (Å²) in [5, 5.41) is 0. The predicted molar refractivity (Wildman–Crippen MR) is 111 cm³/mol. The zero-order chi connectivity index (χ0) is 19.1. The number of likely N-dealkylation sites (tertiary alicyclic amines) is 1. The van der Waals surface area contributed by atoms with Gasteiger partial charge < -0.3 is 14.7 Å². The number of nitrogens with zero attached hydrogens (tertiary/aromatic N) is 4. The van der Waals surface area contributed by atoms with Gasteiger partial charge in [-0.15, -0.1) is 0 Å². The van der Waals surface area contributed by atoms with Gasteiger partial charge in [0.25, 0.3) is 0 Å². The topological polar surface area (TPSA) is 30.0 Å². The highest BCUT2D eigenvalue weighted by Gasteiger charge is 2.27. The van der Waals surface area contributed by atoms with E-state index in [1.165, 1.54) is 25.2 Å². The van der Waals surface area contributed by atoms with Gasteiger partial charge >= 0.3 is 6.03 Å². The minimum Gasteiger partial charge on any atom is -0.325 e. The van der Waals surface area contributed by atoms with Crippen LogP contribution < -0.4 is 0 Å². The van der Waals surface area contributed by atoms with Gasteiger partial charge in [0.2, 0.25) is 0 Å². The highest BCUT2D eigenvalue weighted by molar-refractivity contribution is 5.74. The van der Waals surface area contributed by atoms with E-state index in [-0.39, 0.29) is 6.03 Å². The third kappa shape index (κ3) is 5.69. The van der Waals surface area contributed by atoms with Gasteiger partial charge in [-0.25, -0.2) is 4.79 Å². The fraction of sp³-hybridized carbons (Fsp3) is 0.682. The second kappa shape index (κ2) is 10.1. The summed E-state index contributed by atoms with van der Waals surface area (Å²) in [5.74, 6) is 0.742. The van der Waals surface area contributed by atoms with Crippen molar-refractivity contribution in [1.82, 2.24) is 19.6 Å². The summed E-state index contributed by atoms with van der Waals surface area (Å²) in [4.78, 5) is 21.7. The Balaban J connectivity index is 1.36. The van der Waals surface area contributed by atoms with Crippen molar-refractivity contribution in [3.63, 3.8) is 0 Å². The van der Waals surface area contributed by atoms with Crippen LogP contribution >= 0.6 is 0 Å². The van der Waals surface area contributed by atoms with Crippen LogP contribution in [-0.4, -0.2) is 84.5 Å². The van der Waals surface area contributed by atoms with Crippen LogP contribution in [0.1, 0.15) is 32.3 Å². The third-order valence-corrected chi connectivity index (χ3v) is 6.15. The summed E-state index contributed by atoms with van der Waals surface area (Å²) in [6.45, 7) is 14.5. The number of rotatable bonds is 6. The normalized spacial score (nSPS) is 20.0. The highest BCUT2D eigenvalue weighted by Crippen LogP contribution is 2.20. The molecule has 2 saturated heterocycles. The van der Waals surface area contributed by atoms with E-state index >= 15 is 0 Å². The Hall–Kier alpha value is -1.59. The molecule has 1 aromatic rings. The maximum Gasteiger partial charge on any atom is 0.319 e. The van der Waals surface area contributed by atoms with Crippen LogP contribution in [0.4, 0.5) is 4.79 Å². The summed E-state index contributed by atoms with van der Waals surface area (Å²) in [5.41, 5.74) is 1.41. The fourth-order valence-corrected chi connectivity index (χ4v) is 4.34. The van der Waals surface area contributed by atoms with E-state index in [9.17, 15) is 4.79 Å². The van der Waals surface area contributed by atoms with Gasteiger partial charge in [-0.1, -0.05) is 30.3 Å². The van der Waals surface area contributed by atoms with E-state index in [1.54, 1.807) is 0 Å². The van der Waals surface area contributed by atoms with E-state index in [1.807, 2.05) is 4.90 Å². The summed E-state index contributed by atoms with van der Waals surface area (Å²) in [7, 11) is 0. The summed E-state index contributed by atoms with van der Waals surface area (Å²) in [6.07, 6.45) is 2.30. The average Bonchev–Trinajstić information content (AvgIpc) is 2.72. The van der Waals surface area contributed by atoms with E-state index < -0.39 is 0 Å². The molecule has 0 unspecified atom stereocenters. The Kier molecular flexibility index (Phi) is 7.53. The predicted octanol–water partition coefficient (Wildman–Crippen LogP) is 2.98. The molecule has 1 aromatic carbocycles. The molecule has 2 fully saturated rings. The number of carbonyl (C=O) groups excluding carboxylic acids is 1. The van der Waals surface area contributed by atoms with Crippen LogP contribution in [0.25, 0.3) is 0 Å². The Bertz CT molecular complexity index is 559. The second-order valence-corrected chi connectivity index (χ2v) is 7.95. The molecular formula is C22H36N4O. The van der Waals surface area contributed by atoms with E-state index in [4.69, 9.17) is 0 Å². The van der Waals surface area contributed by atoms with Crippen LogP contribution in [-0.2, 0) is 6.54 Å². The maximum absolute atomic E-state index is 12.5. The van der Waals surface area contributed by atoms with Crippen LogP contribution in [0.15, 0.2) is 30.3 Å². The summed E-state index contributed by atoms with van der Waals surface area (Å²) >= 11 is 0. The van der Waals surface area contributed by atoms with Crippen molar-refractivity contribution in [3.05, 3.63) is 35.9 Å². The molecule has 0 atom stereocenters. The quantitative estimate of drug-likeness (QED) is 0.769. The van der Waals surface area contributed by atoms with Crippen molar-refractivity contribution in [3.8, 4) is 0 Å². The SMILES string of the molecule is CCN(CC)C(=O)N1CCC(CN2CCN(Cc3ccccc3)CC2)CC1. The summed E-state index contributed by atoms with van der Waals surface area (Å²) < 4.78 is 0. The van der Waals surface area contributed by atoms with Crippen molar-refractivity contribution >= 4 is 6.03 Å². The van der Waals surface area contributed by atoms with E-state index in [0.29, 0.717) is 0 Å². The molecule has 3 rings (SSSR count). The lowest BCUT2D eigenvalue weighted by molar-refractivity contribution is 0.0908. The number of benzene rings is 1. The molecule has 0 aliphatic carbocycles. The number of hydrogen-bond acceptors (Lipinski definition) is 3. The first-order valence-electron chi connectivity index (χ1n) is 10.7. The van der Waals surface area contributed by atoms with E-state index in [0.717, 1.165) is 64.6 Å². The van der Waals surface area contributed by atoms with Gasteiger partial charge in [0.15, 0.2) is 0 Å². The molecule has 0 radical (unpaired) electrons. The maximum atomic E-state index is 12.5. The number of piperazine rings is 1. The molecule has 0 bridgehead atoms. The zero-order valence-electron chi connectivity index (χ0n) is 17.1. The van der Waals surface area contributed by atoms with Crippen LogP contribution in [0.3, 0.4) is 0 Å². The van der Waals surface area contributed by atoms with Gasteiger partial charge in [-0.2, -0.15) is 0 Å². The molecule has 5 heteroatoms. The van der Waals surface area contributed by atoms with Crippen molar-refractivity contribution in [1.29, 1.82) is 0 Å². The van der Waals surface area contributed by atoms with E-state index in [2.05, 4.69) is 58.9 Å². The number of piperidine rings is 1. The Morgan fingerprint density at radius 3 is 2.11 bits per heavy atom. The molecule has 2 heterocycles. The van der Waals surface area contributed by atoms with Crippen molar-refractivity contribution in [2.24, 2.45) is 5.92 Å². The third-order valence-electron chi connectivity index (χ3n) is 6.15. The molecular weight excluding hydrogens is 336 g/mol. The molecule has 27 heavy (non-hydrogen) atoms. The average molecular weight is 373 g/mol. The minimum absolute atomic E-state index is 0.230. The molecule has 0 aromatic heterocycles. The van der Waals surface area contributed by atoms with Gasteiger partial charge in [-0.3, -0.25) is 4.90 Å². The molecule has 0 spiro atoms. The van der Waals surface area contributed by atoms with Crippen LogP contribution in [0.2, 0.25) is 0 Å². The van der Waals surface area contributed by atoms with Gasteiger partial charge in [-0.05, 0) is 38.2 Å². The van der Waals surface area contributed by atoms with Gasteiger partial charge in [0.05, 0.1) is 0 Å². The number of urea groups is 1. The van der Waals surface area contributed by atoms with Crippen LogP contribution in [0, 0.1) is 5.92 Å². The zero-order valence-corrected chi connectivity index (χ0v) is 17.1. The monoisotopic (exact) mass is 372 g/mol. The lowest BCUT2D eigenvalue weighted by Gasteiger charge is -2.39. The molecule has 0 N–H and O–H groups in total. The molecule has 0 saturated carbocycles. The molecule has 2 aliphatic heterocycles. The van der Waals surface area contributed by atoms with Gasteiger partial charge in [0.1, 0.15) is 0 Å². The lowest BCUT2D eigenvalue weighted by atomic mass is 9.96. The molecule has 2 aliphatic rings. The first-order chi connectivity index (χ1) is 13.2. The van der Waals surface area contributed by atoms with Crippen molar-refractivity contribution in [2.45, 2.75) is 33.2 Å². The number of amides is 2. The molecule has 2 amide bonds. The standard InChI is InChI=1S/C22H36N4O/c1-3-25(4-2)22(27)26-12-10-21(11-13-26)19-24-16-14-23(15-17-24)18-20-8-6-5-7-9-20/h5-9,21H,3-4,10-19H2,1-2H3. The Morgan fingerprint density at radius 1 is 0.926 bits per heavy atom. The molecule has 5 nitrogen and oxygen atoms in total.